The summed E-state index contributed by atoms with van der Waals surface area (Å²) in [4.78, 5) is 5.04. The van der Waals surface area contributed by atoms with E-state index in [2.05, 4.69) is 11.9 Å². The lowest BCUT2D eigenvalue weighted by atomic mass is 10.2. The van der Waals surface area contributed by atoms with Crippen molar-refractivity contribution in [1.82, 2.24) is 4.98 Å². The van der Waals surface area contributed by atoms with Crippen LogP contribution in [0.15, 0.2) is 0 Å². The van der Waals surface area contributed by atoms with Gasteiger partial charge in [-0.15, -0.1) is 11.3 Å². The standard InChI is InChI=1S/C8H13NO2S/c1-3-4-6-7(8(10)11)9-5(2)12-6/h8,10-11H,3-4H2,1-2H3. The van der Waals surface area contributed by atoms with E-state index in [0.717, 1.165) is 22.7 Å². The Hall–Kier alpha value is -0.450. The summed E-state index contributed by atoms with van der Waals surface area (Å²) in [6.45, 7) is 3.93. The highest BCUT2D eigenvalue weighted by Gasteiger charge is 2.13. The smallest absolute Gasteiger partial charge is 0.197 e. The molecule has 12 heavy (non-hydrogen) atoms. The van der Waals surface area contributed by atoms with Gasteiger partial charge in [0.05, 0.1) is 5.01 Å². The zero-order chi connectivity index (χ0) is 9.14. The molecule has 0 aliphatic heterocycles. The molecular weight excluding hydrogens is 174 g/mol. The minimum atomic E-state index is -1.42. The van der Waals surface area contributed by atoms with Crippen LogP contribution in [-0.2, 0) is 6.42 Å². The van der Waals surface area contributed by atoms with Crippen LogP contribution in [0.25, 0.3) is 0 Å². The minimum absolute atomic E-state index is 0.430. The first-order valence-electron chi connectivity index (χ1n) is 3.97. The van der Waals surface area contributed by atoms with E-state index in [0.29, 0.717) is 5.69 Å². The number of hydrogen-bond acceptors (Lipinski definition) is 4. The topological polar surface area (TPSA) is 53.4 Å². The van der Waals surface area contributed by atoms with Gasteiger partial charge in [-0.25, -0.2) is 4.98 Å². The second-order valence-corrected chi connectivity index (χ2v) is 3.95. The highest BCUT2D eigenvalue weighted by Crippen LogP contribution is 2.23. The first kappa shape index (κ1) is 9.64. The fourth-order valence-corrected chi connectivity index (χ4v) is 2.16. The first-order chi connectivity index (χ1) is 5.65. The number of aromatic nitrogens is 1. The fourth-order valence-electron chi connectivity index (χ4n) is 1.09. The van der Waals surface area contributed by atoms with Crippen LogP contribution in [-0.4, -0.2) is 15.2 Å². The molecule has 0 saturated carbocycles. The van der Waals surface area contributed by atoms with Crippen LogP contribution in [0.4, 0.5) is 0 Å². The maximum absolute atomic E-state index is 8.94. The molecule has 1 heterocycles. The molecular formula is C8H13NO2S. The van der Waals surface area contributed by atoms with Crippen LogP contribution in [0.1, 0.15) is 35.2 Å². The summed E-state index contributed by atoms with van der Waals surface area (Å²) in [6, 6.07) is 0. The number of aliphatic hydroxyl groups is 2. The largest absolute Gasteiger partial charge is 0.363 e. The van der Waals surface area contributed by atoms with Crippen molar-refractivity contribution in [2.45, 2.75) is 33.0 Å². The predicted molar refractivity (Wildman–Crippen MR) is 48.0 cm³/mol. The van der Waals surface area contributed by atoms with Gasteiger partial charge in [0.25, 0.3) is 0 Å². The van der Waals surface area contributed by atoms with Crippen molar-refractivity contribution in [1.29, 1.82) is 0 Å². The summed E-state index contributed by atoms with van der Waals surface area (Å²) in [5.41, 5.74) is 0.430. The van der Waals surface area contributed by atoms with Gasteiger partial charge in [-0.05, 0) is 13.3 Å². The van der Waals surface area contributed by atoms with E-state index in [4.69, 9.17) is 10.2 Å². The summed E-state index contributed by atoms with van der Waals surface area (Å²) in [6.07, 6.45) is 0.455. The predicted octanol–water partition coefficient (Wildman–Crippen LogP) is 1.39. The van der Waals surface area contributed by atoms with E-state index in [-0.39, 0.29) is 0 Å². The molecule has 1 aromatic rings. The van der Waals surface area contributed by atoms with E-state index in [1.165, 1.54) is 11.3 Å². The summed E-state index contributed by atoms with van der Waals surface area (Å²) >= 11 is 1.54. The summed E-state index contributed by atoms with van der Waals surface area (Å²) in [5, 5.41) is 18.8. The second kappa shape index (κ2) is 3.98. The third kappa shape index (κ3) is 2.03. The van der Waals surface area contributed by atoms with Crippen LogP contribution < -0.4 is 0 Å². The van der Waals surface area contributed by atoms with Gasteiger partial charge in [0.1, 0.15) is 5.69 Å². The normalized spacial score (nSPS) is 11.1. The SMILES string of the molecule is CCCc1sc(C)nc1C(O)O. The van der Waals surface area contributed by atoms with Gasteiger partial charge in [-0.2, -0.15) is 0 Å². The Bertz CT molecular complexity index is 258. The minimum Gasteiger partial charge on any atom is -0.363 e. The van der Waals surface area contributed by atoms with Crippen molar-refractivity contribution in [3.8, 4) is 0 Å². The molecule has 0 atom stereocenters. The molecule has 0 spiro atoms. The molecule has 4 heteroatoms. The summed E-state index contributed by atoms with van der Waals surface area (Å²) < 4.78 is 0. The maximum atomic E-state index is 8.94. The quantitative estimate of drug-likeness (QED) is 0.703. The van der Waals surface area contributed by atoms with Gasteiger partial charge in [0.2, 0.25) is 0 Å². The second-order valence-electron chi connectivity index (χ2n) is 2.66. The molecule has 1 aromatic heterocycles. The number of hydrogen-bond donors (Lipinski definition) is 2. The lowest BCUT2D eigenvalue weighted by molar-refractivity contribution is -0.0460. The van der Waals surface area contributed by atoms with Crippen molar-refractivity contribution in [3.63, 3.8) is 0 Å². The van der Waals surface area contributed by atoms with Gasteiger partial charge >= 0.3 is 0 Å². The molecule has 0 aliphatic rings. The van der Waals surface area contributed by atoms with Crippen LogP contribution in [0, 0.1) is 6.92 Å². The van der Waals surface area contributed by atoms with E-state index in [1.54, 1.807) is 0 Å². The number of rotatable bonds is 3. The highest BCUT2D eigenvalue weighted by atomic mass is 32.1. The van der Waals surface area contributed by atoms with Gasteiger partial charge in [0.15, 0.2) is 6.29 Å². The van der Waals surface area contributed by atoms with E-state index in [9.17, 15) is 0 Å². The molecule has 68 valence electrons. The Kier molecular flexibility index (Phi) is 3.20. The van der Waals surface area contributed by atoms with Gasteiger partial charge in [0, 0.05) is 4.88 Å². The van der Waals surface area contributed by atoms with Crippen molar-refractivity contribution in [3.05, 3.63) is 15.6 Å². The fraction of sp³-hybridized carbons (Fsp3) is 0.625. The molecule has 3 nitrogen and oxygen atoms in total. The average molecular weight is 187 g/mol. The van der Waals surface area contributed by atoms with Crippen LogP contribution in [0.2, 0.25) is 0 Å². The molecule has 0 bridgehead atoms. The molecule has 0 aliphatic carbocycles. The summed E-state index contributed by atoms with van der Waals surface area (Å²) in [7, 11) is 0. The van der Waals surface area contributed by atoms with Crippen LogP contribution in [0.3, 0.4) is 0 Å². The molecule has 0 aromatic carbocycles. The highest BCUT2D eigenvalue weighted by molar-refractivity contribution is 7.11. The van der Waals surface area contributed by atoms with E-state index in [1.807, 2.05) is 6.92 Å². The van der Waals surface area contributed by atoms with Crippen molar-refractivity contribution < 1.29 is 10.2 Å². The summed E-state index contributed by atoms with van der Waals surface area (Å²) in [5.74, 6) is 0. The van der Waals surface area contributed by atoms with Crippen molar-refractivity contribution in [2.24, 2.45) is 0 Å². The first-order valence-corrected chi connectivity index (χ1v) is 4.79. The van der Waals surface area contributed by atoms with Crippen LogP contribution >= 0.6 is 11.3 Å². The maximum Gasteiger partial charge on any atom is 0.197 e. The Morgan fingerprint density at radius 2 is 2.17 bits per heavy atom. The molecule has 0 saturated heterocycles. The van der Waals surface area contributed by atoms with Gasteiger partial charge in [-0.1, -0.05) is 13.3 Å². The Labute approximate surface area is 75.7 Å². The van der Waals surface area contributed by atoms with E-state index >= 15 is 0 Å². The molecule has 0 unspecified atom stereocenters. The third-order valence-electron chi connectivity index (χ3n) is 1.56. The molecule has 2 N–H and O–H groups in total. The number of nitrogens with zero attached hydrogens (tertiary/aromatic N) is 1. The molecule has 1 rings (SSSR count). The van der Waals surface area contributed by atoms with Crippen molar-refractivity contribution >= 4 is 11.3 Å². The van der Waals surface area contributed by atoms with E-state index < -0.39 is 6.29 Å². The molecule has 0 amide bonds. The number of aryl methyl sites for hydroxylation is 2. The average Bonchev–Trinajstić information content (AvgIpc) is 2.32. The van der Waals surface area contributed by atoms with Gasteiger partial charge in [-0.3, -0.25) is 0 Å². The van der Waals surface area contributed by atoms with Gasteiger partial charge < -0.3 is 10.2 Å². The van der Waals surface area contributed by atoms with Crippen LogP contribution in [0.5, 0.6) is 0 Å². The number of thiazole rings is 1. The van der Waals surface area contributed by atoms with Crippen molar-refractivity contribution in [2.75, 3.05) is 0 Å². The monoisotopic (exact) mass is 187 g/mol. The third-order valence-corrected chi connectivity index (χ3v) is 2.60. The Balaban J connectivity index is 2.92. The molecule has 0 fully saturated rings. The Morgan fingerprint density at radius 3 is 2.67 bits per heavy atom. The Morgan fingerprint density at radius 1 is 1.50 bits per heavy atom. The number of aliphatic hydroxyl groups excluding tert-OH is 1. The zero-order valence-corrected chi connectivity index (χ0v) is 8.06. The lowest BCUT2D eigenvalue weighted by Gasteiger charge is -2.01. The lowest BCUT2D eigenvalue weighted by Crippen LogP contribution is -1.99. The molecule has 0 radical (unpaired) electrons. The zero-order valence-electron chi connectivity index (χ0n) is 7.24.